The first kappa shape index (κ1) is 10.7. The lowest BCUT2D eigenvalue weighted by Gasteiger charge is -2.08. The van der Waals surface area contributed by atoms with E-state index in [-0.39, 0.29) is 0 Å². The maximum Gasteiger partial charge on any atom is 0.354 e. The van der Waals surface area contributed by atoms with Gasteiger partial charge in [-0.15, -0.1) is 0 Å². The number of hydrogen-bond donors (Lipinski definition) is 1. The van der Waals surface area contributed by atoms with Crippen LogP contribution < -0.4 is 0 Å². The Hall–Kier alpha value is -1.36. The van der Waals surface area contributed by atoms with E-state index in [1.165, 1.54) is 4.68 Å². The third kappa shape index (κ3) is 2.11. The number of aromatic nitrogens is 2. The number of hydrogen-bond acceptors (Lipinski definition) is 3. The molecule has 1 N–H and O–H groups in total. The van der Waals surface area contributed by atoms with Crippen molar-refractivity contribution in [3.8, 4) is 0 Å². The van der Waals surface area contributed by atoms with Gasteiger partial charge in [0.1, 0.15) is 0 Å². The zero-order valence-corrected chi connectivity index (χ0v) is 8.69. The Morgan fingerprint density at radius 1 is 1.64 bits per heavy atom. The van der Waals surface area contributed by atoms with E-state index >= 15 is 0 Å². The number of carboxylic acid groups (broad SMARTS) is 1. The number of carbonyl (C=O) groups is 1. The molecule has 0 saturated heterocycles. The van der Waals surface area contributed by atoms with Gasteiger partial charge >= 0.3 is 5.97 Å². The first-order valence-electron chi connectivity index (χ1n) is 4.49. The van der Waals surface area contributed by atoms with Gasteiger partial charge < -0.3 is 10.0 Å². The van der Waals surface area contributed by atoms with E-state index in [9.17, 15) is 4.79 Å². The van der Waals surface area contributed by atoms with Crippen LogP contribution in [0.25, 0.3) is 0 Å². The minimum Gasteiger partial charge on any atom is -0.477 e. The fourth-order valence-electron chi connectivity index (χ4n) is 1.37. The van der Waals surface area contributed by atoms with E-state index in [1.807, 2.05) is 25.9 Å². The molecule has 0 aliphatic heterocycles. The second-order valence-electron chi connectivity index (χ2n) is 3.38. The molecule has 1 heterocycles. The van der Waals surface area contributed by atoms with Gasteiger partial charge in [0.05, 0.1) is 6.20 Å². The third-order valence-corrected chi connectivity index (χ3v) is 1.90. The summed E-state index contributed by atoms with van der Waals surface area (Å²) in [6.45, 7) is 3.05. The van der Waals surface area contributed by atoms with E-state index in [0.717, 1.165) is 5.56 Å². The van der Waals surface area contributed by atoms with Gasteiger partial charge in [-0.1, -0.05) is 0 Å². The Morgan fingerprint density at radius 2 is 2.29 bits per heavy atom. The van der Waals surface area contributed by atoms with Crippen LogP contribution in [-0.4, -0.2) is 39.9 Å². The zero-order chi connectivity index (χ0) is 10.7. The van der Waals surface area contributed by atoms with Crippen molar-refractivity contribution in [2.75, 3.05) is 14.1 Å². The van der Waals surface area contributed by atoms with E-state index in [1.54, 1.807) is 6.20 Å². The van der Waals surface area contributed by atoms with Gasteiger partial charge in [-0.05, 0) is 21.0 Å². The quantitative estimate of drug-likeness (QED) is 0.770. The lowest BCUT2D eigenvalue weighted by Crippen LogP contribution is -2.15. The Morgan fingerprint density at radius 3 is 2.71 bits per heavy atom. The van der Waals surface area contributed by atoms with Gasteiger partial charge in [-0.25, -0.2) is 4.79 Å². The molecule has 0 fully saturated rings. The van der Waals surface area contributed by atoms with Gasteiger partial charge in [0.25, 0.3) is 0 Å². The fourth-order valence-corrected chi connectivity index (χ4v) is 1.37. The molecule has 0 spiro atoms. The van der Waals surface area contributed by atoms with Crippen LogP contribution in [0.5, 0.6) is 0 Å². The van der Waals surface area contributed by atoms with E-state index in [2.05, 4.69) is 5.10 Å². The summed E-state index contributed by atoms with van der Waals surface area (Å²) in [5.41, 5.74) is 1.05. The SMILES string of the molecule is CCn1ncc(CN(C)C)c1C(=O)O. The molecule has 0 aromatic carbocycles. The second-order valence-corrected chi connectivity index (χ2v) is 3.38. The number of aryl methyl sites for hydroxylation is 1. The molecule has 0 unspecified atom stereocenters. The summed E-state index contributed by atoms with van der Waals surface area (Å²) in [5.74, 6) is -0.916. The molecule has 0 radical (unpaired) electrons. The van der Waals surface area contributed by atoms with E-state index < -0.39 is 5.97 Å². The van der Waals surface area contributed by atoms with Crippen LogP contribution in [-0.2, 0) is 13.1 Å². The standard InChI is InChI=1S/C9H15N3O2/c1-4-12-8(9(13)14)7(5-10-12)6-11(2)3/h5H,4,6H2,1-3H3,(H,13,14). The number of aromatic carboxylic acids is 1. The summed E-state index contributed by atoms with van der Waals surface area (Å²) in [5, 5.41) is 13.0. The van der Waals surface area contributed by atoms with Crippen LogP contribution in [0.3, 0.4) is 0 Å². The predicted octanol–water partition coefficient (Wildman–Crippen LogP) is 0.663. The van der Waals surface area contributed by atoms with Gasteiger partial charge in [-0.2, -0.15) is 5.10 Å². The minimum atomic E-state index is -0.916. The maximum atomic E-state index is 11.0. The Kier molecular flexibility index (Phi) is 3.24. The number of carboxylic acids is 1. The summed E-state index contributed by atoms with van der Waals surface area (Å²) in [6, 6.07) is 0. The topological polar surface area (TPSA) is 58.4 Å². The molecule has 1 aromatic heterocycles. The van der Waals surface area contributed by atoms with Crippen LogP contribution in [0.4, 0.5) is 0 Å². The van der Waals surface area contributed by atoms with Gasteiger partial charge in [0, 0.05) is 18.7 Å². The molecule has 78 valence electrons. The average molecular weight is 197 g/mol. The molecular formula is C9H15N3O2. The largest absolute Gasteiger partial charge is 0.477 e. The van der Waals surface area contributed by atoms with Crippen molar-refractivity contribution in [1.82, 2.24) is 14.7 Å². The van der Waals surface area contributed by atoms with Crippen LogP contribution in [0, 0.1) is 0 Å². The van der Waals surface area contributed by atoms with Crippen molar-refractivity contribution in [1.29, 1.82) is 0 Å². The number of rotatable bonds is 4. The maximum absolute atomic E-state index is 11.0. The molecule has 1 rings (SSSR count). The molecule has 0 amide bonds. The normalized spacial score (nSPS) is 10.9. The van der Waals surface area contributed by atoms with Gasteiger partial charge in [0.15, 0.2) is 5.69 Å². The first-order chi connectivity index (χ1) is 6.56. The van der Waals surface area contributed by atoms with Crippen molar-refractivity contribution in [2.24, 2.45) is 0 Å². The third-order valence-electron chi connectivity index (χ3n) is 1.90. The Bertz CT molecular complexity index is 331. The lowest BCUT2D eigenvalue weighted by molar-refractivity contribution is 0.0681. The van der Waals surface area contributed by atoms with Crippen LogP contribution in [0.2, 0.25) is 0 Å². The molecule has 5 nitrogen and oxygen atoms in total. The molecule has 0 bridgehead atoms. The predicted molar refractivity (Wildman–Crippen MR) is 52.3 cm³/mol. The van der Waals surface area contributed by atoms with Crippen LogP contribution in [0.15, 0.2) is 6.20 Å². The van der Waals surface area contributed by atoms with E-state index in [4.69, 9.17) is 5.11 Å². The highest BCUT2D eigenvalue weighted by Crippen LogP contribution is 2.10. The van der Waals surface area contributed by atoms with Crippen molar-refractivity contribution in [3.63, 3.8) is 0 Å². The Labute approximate surface area is 82.9 Å². The van der Waals surface area contributed by atoms with Gasteiger partial charge in [-0.3, -0.25) is 4.68 Å². The molecule has 0 aliphatic rings. The fraction of sp³-hybridized carbons (Fsp3) is 0.556. The van der Waals surface area contributed by atoms with Crippen molar-refractivity contribution in [2.45, 2.75) is 20.0 Å². The summed E-state index contributed by atoms with van der Waals surface area (Å²) >= 11 is 0. The highest BCUT2D eigenvalue weighted by atomic mass is 16.4. The second kappa shape index (κ2) is 4.23. The summed E-state index contributed by atoms with van der Waals surface area (Å²) < 4.78 is 1.50. The average Bonchev–Trinajstić information content (AvgIpc) is 2.46. The smallest absolute Gasteiger partial charge is 0.354 e. The van der Waals surface area contributed by atoms with Gasteiger partial charge in [0.2, 0.25) is 0 Å². The van der Waals surface area contributed by atoms with Crippen LogP contribution in [0.1, 0.15) is 23.0 Å². The molecular weight excluding hydrogens is 182 g/mol. The minimum absolute atomic E-state index is 0.293. The molecule has 5 heteroatoms. The molecule has 1 aromatic rings. The number of nitrogens with zero attached hydrogens (tertiary/aromatic N) is 3. The highest BCUT2D eigenvalue weighted by molar-refractivity contribution is 5.87. The Balaban J connectivity index is 3.04. The summed E-state index contributed by atoms with van der Waals surface area (Å²) in [7, 11) is 3.80. The van der Waals surface area contributed by atoms with Crippen molar-refractivity contribution in [3.05, 3.63) is 17.5 Å². The van der Waals surface area contributed by atoms with Crippen LogP contribution >= 0.6 is 0 Å². The zero-order valence-electron chi connectivity index (χ0n) is 8.69. The first-order valence-corrected chi connectivity index (χ1v) is 4.49. The molecule has 0 atom stereocenters. The molecule has 0 saturated carbocycles. The summed E-state index contributed by atoms with van der Waals surface area (Å²) in [6.07, 6.45) is 1.62. The van der Waals surface area contributed by atoms with Crippen molar-refractivity contribution < 1.29 is 9.90 Å². The monoisotopic (exact) mass is 197 g/mol. The highest BCUT2D eigenvalue weighted by Gasteiger charge is 2.16. The lowest BCUT2D eigenvalue weighted by atomic mass is 10.2. The molecule has 0 aliphatic carbocycles. The van der Waals surface area contributed by atoms with E-state index in [0.29, 0.717) is 18.8 Å². The summed E-state index contributed by atoms with van der Waals surface area (Å²) in [4.78, 5) is 12.9. The van der Waals surface area contributed by atoms with Crippen molar-refractivity contribution >= 4 is 5.97 Å². The molecule has 14 heavy (non-hydrogen) atoms.